The van der Waals surface area contributed by atoms with E-state index in [1.54, 1.807) is 0 Å². The molecule has 0 unspecified atom stereocenters. The van der Waals surface area contributed by atoms with Crippen LogP contribution >= 0.6 is 0 Å². The van der Waals surface area contributed by atoms with Gasteiger partial charge in [0.15, 0.2) is 5.76 Å². The van der Waals surface area contributed by atoms with E-state index in [0.717, 1.165) is 23.5 Å². The van der Waals surface area contributed by atoms with Crippen molar-refractivity contribution in [3.63, 3.8) is 0 Å². The predicted molar refractivity (Wildman–Crippen MR) is 37.0 cm³/mol. The summed E-state index contributed by atoms with van der Waals surface area (Å²) < 4.78 is 10.3. The maximum atomic E-state index is 5.17. The Hall–Kier alpha value is -1.18. The molecule has 0 N–H and O–H groups in total. The molecule has 0 aromatic carbocycles. The lowest BCUT2D eigenvalue weighted by Crippen LogP contribution is -1.91. The number of ether oxygens (including phenoxy) is 2. The lowest BCUT2D eigenvalue weighted by atomic mass is 10.1. The van der Waals surface area contributed by atoms with Gasteiger partial charge in [-0.25, -0.2) is 0 Å². The highest BCUT2D eigenvalue weighted by molar-refractivity contribution is 5.34. The molecule has 2 aliphatic rings. The second-order valence-electron chi connectivity index (χ2n) is 2.36. The predicted octanol–water partition coefficient (Wildman–Crippen LogP) is 1.72. The molecule has 1 aliphatic heterocycles. The first kappa shape index (κ1) is 5.59. The summed E-state index contributed by atoms with van der Waals surface area (Å²) in [7, 11) is 0. The minimum atomic E-state index is 0.363. The van der Waals surface area contributed by atoms with E-state index < -0.39 is 0 Å². The molecular formula is C8H8O2. The smallest absolute Gasteiger partial charge is 0.230 e. The largest absolute Gasteiger partial charge is 0.458 e. The topological polar surface area (TPSA) is 18.5 Å². The molecule has 0 saturated heterocycles. The monoisotopic (exact) mass is 136 g/mol. The second-order valence-corrected chi connectivity index (χ2v) is 2.36. The maximum Gasteiger partial charge on any atom is 0.230 e. The Kier molecular flexibility index (Phi) is 1.07. The SMILES string of the molecule is C=C1C=CC2=C(C1)OCO2. The first-order valence-corrected chi connectivity index (χ1v) is 3.21. The summed E-state index contributed by atoms with van der Waals surface area (Å²) in [5, 5.41) is 0. The molecule has 10 heavy (non-hydrogen) atoms. The van der Waals surface area contributed by atoms with Gasteiger partial charge in [-0.1, -0.05) is 12.7 Å². The van der Waals surface area contributed by atoms with Gasteiger partial charge in [-0.15, -0.1) is 0 Å². The highest BCUT2D eigenvalue weighted by atomic mass is 16.7. The molecule has 0 radical (unpaired) electrons. The van der Waals surface area contributed by atoms with E-state index in [1.807, 2.05) is 12.2 Å². The van der Waals surface area contributed by atoms with Crippen molar-refractivity contribution in [3.05, 3.63) is 35.8 Å². The van der Waals surface area contributed by atoms with Crippen molar-refractivity contribution in [2.24, 2.45) is 0 Å². The van der Waals surface area contributed by atoms with Crippen LogP contribution < -0.4 is 0 Å². The molecule has 0 saturated carbocycles. The van der Waals surface area contributed by atoms with Gasteiger partial charge in [-0.3, -0.25) is 0 Å². The third-order valence-corrected chi connectivity index (χ3v) is 1.58. The van der Waals surface area contributed by atoms with Crippen LogP contribution in [-0.2, 0) is 9.47 Å². The molecule has 0 atom stereocenters. The lowest BCUT2D eigenvalue weighted by molar-refractivity contribution is 0.0736. The zero-order valence-electron chi connectivity index (χ0n) is 5.59. The van der Waals surface area contributed by atoms with Crippen molar-refractivity contribution in [2.45, 2.75) is 6.42 Å². The van der Waals surface area contributed by atoms with Crippen molar-refractivity contribution in [1.82, 2.24) is 0 Å². The standard InChI is InChI=1S/C8H8O2/c1-6-2-3-7-8(4-6)10-5-9-7/h2-3H,1,4-5H2. The molecule has 2 heteroatoms. The van der Waals surface area contributed by atoms with Crippen LogP contribution in [0.4, 0.5) is 0 Å². The van der Waals surface area contributed by atoms with Crippen LogP contribution in [0.3, 0.4) is 0 Å². The van der Waals surface area contributed by atoms with Gasteiger partial charge in [0.1, 0.15) is 5.76 Å². The fraction of sp³-hybridized carbons (Fsp3) is 0.250. The molecular weight excluding hydrogens is 128 g/mol. The normalized spacial score (nSPS) is 22.2. The molecule has 52 valence electrons. The van der Waals surface area contributed by atoms with Gasteiger partial charge < -0.3 is 9.47 Å². The molecule has 0 aromatic rings. The summed E-state index contributed by atoms with van der Waals surface area (Å²) >= 11 is 0. The van der Waals surface area contributed by atoms with E-state index in [0.29, 0.717) is 6.79 Å². The van der Waals surface area contributed by atoms with Gasteiger partial charge >= 0.3 is 0 Å². The van der Waals surface area contributed by atoms with Crippen molar-refractivity contribution in [2.75, 3.05) is 6.79 Å². The molecule has 2 nitrogen and oxygen atoms in total. The van der Waals surface area contributed by atoms with Gasteiger partial charge in [-0.2, -0.15) is 0 Å². The van der Waals surface area contributed by atoms with Crippen LogP contribution in [0.15, 0.2) is 35.8 Å². The number of allylic oxidation sites excluding steroid dienone is 3. The molecule has 1 aliphatic carbocycles. The Bertz CT molecular complexity index is 236. The molecule has 0 amide bonds. The molecule has 2 rings (SSSR count). The summed E-state index contributed by atoms with van der Waals surface area (Å²) in [6.45, 7) is 4.18. The van der Waals surface area contributed by atoms with Crippen LogP contribution in [0.1, 0.15) is 6.42 Å². The second kappa shape index (κ2) is 1.90. The van der Waals surface area contributed by atoms with Gasteiger partial charge in [-0.05, 0) is 11.6 Å². The zero-order valence-corrected chi connectivity index (χ0v) is 5.59. The quantitative estimate of drug-likeness (QED) is 0.504. The van der Waals surface area contributed by atoms with Crippen molar-refractivity contribution in [3.8, 4) is 0 Å². The molecule has 0 aromatic heterocycles. The summed E-state index contributed by atoms with van der Waals surface area (Å²) in [4.78, 5) is 0. The first-order chi connectivity index (χ1) is 4.86. The van der Waals surface area contributed by atoms with E-state index in [1.165, 1.54) is 0 Å². The Labute approximate surface area is 59.4 Å². The van der Waals surface area contributed by atoms with Gasteiger partial charge in [0.25, 0.3) is 0 Å². The first-order valence-electron chi connectivity index (χ1n) is 3.21. The Morgan fingerprint density at radius 2 is 2.20 bits per heavy atom. The fourth-order valence-electron chi connectivity index (χ4n) is 1.05. The van der Waals surface area contributed by atoms with E-state index in [2.05, 4.69) is 6.58 Å². The maximum absolute atomic E-state index is 5.17. The summed E-state index contributed by atoms with van der Waals surface area (Å²) in [5.74, 6) is 1.79. The number of hydrogen-bond acceptors (Lipinski definition) is 2. The Balaban J connectivity index is 2.30. The highest BCUT2D eigenvalue weighted by Crippen LogP contribution is 2.27. The van der Waals surface area contributed by atoms with E-state index in [4.69, 9.17) is 9.47 Å². The van der Waals surface area contributed by atoms with Crippen molar-refractivity contribution in [1.29, 1.82) is 0 Å². The van der Waals surface area contributed by atoms with Crippen LogP contribution in [0.5, 0.6) is 0 Å². The van der Waals surface area contributed by atoms with Crippen LogP contribution in [0.25, 0.3) is 0 Å². The summed E-state index contributed by atoms with van der Waals surface area (Å²) in [5.41, 5.74) is 1.07. The van der Waals surface area contributed by atoms with Crippen molar-refractivity contribution < 1.29 is 9.47 Å². The molecule has 1 heterocycles. The Morgan fingerprint density at radius 1 is 1.30 bits per heavy atom. The molecule has 0 spiro atoms. The summed E-state index contributed by atoms with van der Waals surface area (Å²) in [6.07, 6.45) is 4.65. The summed E-state index contributed by atoms with van der Waals surface area (Å²) in [6, 6.07) is 0. The highest BCUT2D eigenvalue weighted by Gasteiger charge is 2.18. The number of hydrogen-bond donors (Lipinski definition) is 0. The average molecular weight is 136 g/mol. The van der Waals surface area contributed by atoms with Crippen LogP contribution in [0, 0.1) is 0 Å². The van der Waals surface area contributed by atoms with E-state index >= 15 is 0 Å². The molecule has 0 fully saturated rings. The minimum Gasteiger partial charge on any atom is -0.458 e. The zero-order chi connectivity index (χ0) is 6.97. The lowest BCUT2D eigenvalue weighted by Gasteiger charge is -2.05. The Morgan fingerprint density at radius 3 is 3.10 bits per heavy atom. The van der Waals surface area contributed by atoms with E-state index in [9.17, 15) is 0 Å². The molecule has 0 bridgehead atoms. The van der Waals surface area contributed by atoms with Crippen LogP contribution in [0.2, 0.25) is 0 Å². The third-order valence-electron chi connectivity index (χ3n) is 1.58. The van der Waals surface area contributed by atoms with Crippen molar-refractivity contribution >= 4 is 0 Å². The average Bonchev–Trinajstić information content (AvgIpc) is 2.33. The number of rotatable bonds is 0. The third kappa shape index (κ3) is 0.727. The van der Waals surface area contributed by atoms with Gasteiger partial charge in [0.2, 0.25) is 6.79 Å². The van der Waals surface area contributed by atoms with Gasteiger partial charge in [0, 0.05) is 6.42 Å². The van der Waals surface area contributed by atoms with Crippen LogP contribution in [-0.4, -0.2) is 6.79 Å². The van der Waals surface area contributed by atoms with Gasteiger partial charge in [0.05, 0.1) is 0 Å². The van der Waals surface area contributed by atoms with E-state index in [-0.39, 0.29) is 0 Å². The fourth-order valence-corrected chi connectivity index (χ4v) is 1.05. The minimum absolute atomic E-state index is 0.363.